The first-order chi connectivity index (χ1) is 39.6. The summed E-state index contributed by atoms with van der Waals surface area (Å²) in [5.41, 5.74) is 12.8. The van der Waals surface area contributed by atoms with Crippen molar-refractivity contribution in [3.8, 4) is 22.7 Å². The minimum Gasteiger partial charge on any atom is -0.310 e. The van der Waals surface area contributed by atoms with Crippen LogP contribution in [0.25, 0.3) is 132 Å². The Labute approximate surface area is 462 Å². The number of hydrogen-bond donors (Lipinski definition) is 0. The third-order valence-electron chi connectivity index (χ3n) is 15.8. The van der Waals surface area contributed by atoms with E-state index in [1.165, 1.54) is 43.1 Å². The van der Waals surface area contributed by atoms with E-state index < -0.39 is 0 Å². The van der Waals surface area contributed by atoms with E-state index in [1.54, 1.807) is 0 Å². The van der Waals surface area contributed by atoms with Crippen LogP contribution in [0.4, 0.5) is 0 Å². The molecule has 0 amide bonds. The predicted molar refractivity (Wildman–Crippen MR) is 341 cm³/mol. The van der Waals surface area contributed by atoms with E-state index in [9.17, 15) is 0 Å². The summed E-state index contributed by atoms with van der Waals surface area (Å²) in [7, 11) is 0. The first-order valence-corrected chi connectivity index (χ1v) is 27.4. The summed E-state index contributed by atoms with van der Waals surface area (Å²) in [5.74, 6) is 0. The van der Waals surface area contributed by atoms with Crippen LogP contribution < -0.4 is 0 Å². The zero-order chi connectivity index (χ0) is 52.9. The van der Waals surface area contributed by atoms with Crippen molar-refractivity contribution < 1.29 is 0 Å². The Morgan fingerprint density at radius 1 is 0.125 bits per heavy atom. The summed E-state index contributed by atoms with van der Waals surface area (Å²) >= 11 is 0. The van der Waals surface area contributed by atoms with E-state index in [1.807, 2.05) is 0 Å². The number of fused-ring (bicyclic) bond motifs is 4. The van der Waals surface area contributed by atoms with Gasteiger partial charge in [0.05, 0.1) is 0 Å². The molecule has 0 fully saturated rings. The van der Waals surface area contributed by atoms with Gasteiger partial charge in [-0.3, -0.25) is 0 Å². The van der Waals surface area contributed by atoms with E-state index in [2.05, 4.69) is 334 Å². The number of nitrogens with zero attached hydrogens (tertiary/aromatic N) is 4. The highest BCUT2D eigenvalue weighted by Crippen LogP contribution is 2.31. The number of rotatable bonds is 4. The SMILES string of the molecule is c1ccc2cc(-n3c4ccc(cc4)c4ccc(cc4)n(-c4ccc5ccccc5c4)c4cccc(c4)n(-c4ccc5ccccc5c4)c4ccc(cc4)c4ccc(cc4)n(-c4ccc5ccccc5c4)c4cccc3c4)ccc2c1. The number of aromatic nitrogens is 4. The molecule has 4 nitrogen and oxygen atoms in total. The maximum Gasteiger partial charge on any atom is 0.0482 e. The minimum atomic E-state index is 1.05. The Morgan fingerprint density at radius 3 is 0.537 bits per heavy atom. The third-order valence-corrected chi connectivity index (χ3v) is 15.8. The molecular weight excluding hydrogens is 969 g/mol. The third kappa shape index (κ3) is 8.62. The van der Waals surface area contributed by atoms with Gasteiger partial charge in [0.1, 0.15) is 0 Å². The van der Waals surface area contributed by atoms with Crippen molar-refractivity contribution in [3.63, 3.8) is 0 Å². The van der Waals surface area contributed by atoms with Crippen LogP contribution in [0.2, 0.25) is 0 Å². The van der Waals surface area contributed by atoms with Gasteiger partial charge in [-0.1, -0.05) is 182 Å². The molecule has 0 atom stereocenters. The van der Waals surface area contributed by atoms with Crippen molar-refractivity contribution in [1.29, 1.82) is 0 Å². The van der Waals surface area contributed by atoms with Crippen molar-refractivity contribution in [1.82, 2.24) is 18.3 Å². The van der Waals surface area contributed by atoms with Crippen molar-refractivity contribution in [2.24, 2.45) is 0 Å². The van der Waals surface area contributed by atoms with Gasteiger partial charge in [0.2, 0.25) is 0 Å². The zero-order valence-electron chi connectivity index (χ0n) is 43.8. The van der Waals surface area contributed by atoms with Crippen molar-refractivity contribution in [2.45, 2.75) is 0 Å². The molecule has 21 aromatic rings. The largest absolute Gasteiger partial charge is 0.310 e. The Bertz CT molecular complexity index is 4490. The van der Waals surface area contributed by atoms with Gasteiger partial charge in [0.15, 0.2) is 0 Å². The average molecular weight is 1020 g/mol. The fourth-order valence-corrected chi connectivity index (χ4v) is 11.8. The Balaban J connectivity index is 1.04. The molecular formula is C76H52N4. The molecule has 0 saturated heterocycles. The highest BCUT2D eigenvalue weighted by atomic mass is 15.0. The standard InChI is InChI=1S/C76H52N4/c1-5-15-61-47-73(43-31-53(61)11-1)77-65-35-23-57(24-36-65)58-25-39-67(40-26-58)79(75-45-33-55-13-3-7-17-63(55)49-75)71-21-10-22-72(52-71)80(76-46-34-56-14-4-8-18-64(56)50-76)68-41-29-60(30-42-68)59-27-37-66(38-28-59)78(70-20-9-19-69(77)51-70)74-44-32-54-12-2-6-16-62(54)48-74/h1-52H. The van der Waals surface area contributed by atoms with Crippen LogP contribution in [0.3, 0.4) is 0 Å². The van der Waals surface area contributed by atoms with E-state index >= 15 is 0 Å². The first kappa shape index (κ1) is 46.6. The van der Waals surface area contributed by atoms with Crippen molar-refractivity contribution in [2.75, 3.05) is 0 Å². The van der Waals surface area contributed by atoms with Crippen LogP contribution in [-0.4, -0.2) is 18.3 Å². The lowest BCUT2D eigenvalue weighted by Gasteiger charge is -2.16. The van der Waals surface area contributed by atoms with Gasteiger partial charge >= 0.3 is 0 Å². The first-order valence-electron chi connectivity index (χ1n) is 27.4. The molecule has 12 bridgehead atoms. The number of hydrogen-bond acceptors (Lipinski definition) is 0. The molecule has 0 unspecified atom stereocenters. The molecule has 14 aromatic carbocycles. The summed E-state index contributed by atoms with van der Waals surface area (Å²) in [4.78, 5) is 0. The summed E-state index contributed by atoms with van der Waals surface area (Å²) in [6.45, 7) is 0. The molecule has 0 N–H and O–H groups in total. The highest BCUT2D eigenvalue weighted by Gasteiger charge is 2.10. The van der Waals surface area contributed by atoms with Gasteiger partial charge in [-0.25, -0.2) is 0 Å². The second-order valence-electron chi connectivity index (χ2n) is 20.7. The van der Waals surface area contributed by atoms with Crippen LogP contribution in [0.15, 0.2) is 315 Å². The molecule has 0 spiro atoms. The molecule has 0 radical (unpaired) electrons. The normalized spacial score (nSPS) is 11.5. The van der Waals surface area contributed by atoms with E-state index in [-0.39, 0.29) is 0 Å². The summed E-state index contributed by atoms with van der Waals surface area (Å²) in [6.07, 6.45) is 0. The van der Waals surface area contributed by atoms with E-state index in [0.717, 1.165) is 88.4 Å². The molecule has 80 heavy (non-hydrogen) atoms. The van der Waals surface area contributed by atoms with Crippen molar-refractivity contribution >= 4 is 109 Å². The predicted octanol–water partition coefficient (Wildman–Crippen LogP) is 20.3. The topological polar surface area (TPSA) is 19.7 Å². The van der Waals surface area contributed by atoms with Crippen molar-refractivity contribution in [3.05, 3.63) is 315 Å². The molecule has 21 rings (SSSR count). The van der Waals surface area contributed by atoms with Crippen LogP contribution in [0.1, 0.15) is 0 Å². The molecule has 0 saturated carbocycles. The second-order valence-corrected chi connectivity index (χ2v) is 20.7. The van der Waals surface area contributed by atoms with Gasteiger partial charge in [-0.2, -0.15) is 0 Å². The summed E-state index contributed by atoms with van der Waals surface area (Å²) in [6, 6.07) is 116. The van der Waals surface area contributed by atoms with Gasteiger partial charge < -0.3 is 18.3 Å². The molecule has 0 aliphatic rings. The minimum absolute atomic E-state index is 1.05. The number of benzene rings is 14. The Kier molecular flexibility index (Phi) is 11.5. The highest BCUT2D eigenvalue weighted by molar-refractivity contribution is 5.92. The van der Waals surface area contributed by atoms with Gasteiger partial charge in [0.25, 0.3) is 0 Å². The van der Waals surface area contributed by atoms with Crippen LogP contribution in [0.5, 0.6) is 0 Å². The fourth-order valence-electron chi connectivity index (χ4n) is 11.8. The average Bonchev–Trinajstić information content (AvgIpc) is 3.52. The maximum absolute atomic E-state index is 2.38. The molecule has 0 aliphatic heterocycles. The van der Waals surface area contributed by atoms with E-state index in [4.69, 9.17) is 0 Å². The summed E-state index contributed by atoms with van der Waals surface area (Å²) in [5, 5.41) is 14.1. The molecule has 0 aliphatic carbocycles. The monoisotopic (exact) mass is 1020 g/mol. The molecule has 7 aromatic heterocycles. The zero-order valence-corrected chi connectivity index (χ0v) is 43.8. The van der Waals surface area contributed by atoms with Gasteiger partial charge in [0, 0.05) is 66.9 Å². The molecule has 4 heteroatoms. The Hall–Kier alpha value is -10.7. The lowest BCUT2D eigenvalue weighted by Crippen LogP contribution is -2.00. The molecule has 7 heterocycles. The quantitative estimate of drug-likeness (QED) is 0.167. The second kappa shape index (κ2) is 19.7. The fraction of sp³-hybridized carbons (Fsp3) is 0. The maximum atomic E-state index is 2.38. The Morgan fingerprint density at radius 2 is 0.312 bits per heavy atom. The van der Waals surface area contributed by atoms with Crippen LogP contribution in [-0.2, 0) is 0 Å². The van der Waals surface area contributed by atoms with E-state index in [0.29, 0.717) is 0 Å². The smallest absolute Gasteiger partial charge is 0.0482 e. The summed E-state index contributed by atoms with van der Waals surface area (Å²) < 4.78 is 9.54. The lowest BCUT2D eigenvalue weighted by molar-refractivity contribution is 1.14. The van der Waals surface area contributed by atoms with Crippen LogP contribution >= 0.6 is 0 Å². The molecule has 376 valence electrons. The lowest BCUT2D eigenvalue weighted by atomic mass is 10.1. The van der Waals surface area contributed by atoms with Crippen LogP contribution in [0, 0.1) is 0 Å². The van der Waals surface area contributed by atoms with Gasteiger partial charge in [-0.15, -0.1) is 0 Å². The van der Waals surface area contributed by atoms with Gasteiger partial charge in [-0.05, 0) is 198 Å².